The molecule has 0 amide bonds. The van der Waals surface area contributed by atoms with Crippen molar-refractivity contribution in [3.8, 4) is 11.3 Å². The Balaban J connectivity index is 1.57. The van der Waals surface area contributed by atoms with Gasteiger partial charge in [-0.25, -0.2) is 0 Å². The van der Waals surface area contributed by atoms with Crippen molar-refractivity contribution in [1.29, 1.82) is 0 Å². The van der Waals surface area contributed by atoms with Gasteiger partial charge in [-0.3, -0.25) is 4.79 Å². The molecule has 1 N–H and O–H groups in total. The largest absolute Gasteiger partial charge is 0.377 e. The van der Waals surface area contributed by atoms with Gasteiger partial charge in [-0.15, -0.1) is 0 Å². The van der Waals surface area contributed by atoms with Gasteiger partial charge in [0.15, 0.2) is 0 Å². The van der Waals surface area contributed by atoms with E-state index in [1.165, 1.54) is 24.8 Å². The normalized spacial score (nSPS) is 46.9. The van der Waals surface area contributed by atoms with E-state index in [9.17, 15) is 9.90 Å². The minimum absolute atomic E-state index is 0.221. The predicted molar refractivity (Wildman–Crippen MR) is 104 cm³/mol. The summed E-state index contributed by atoms with van der Waals surface area (Å²) in [5, 5.41) is 13.1. The number of halogens is 1. The van der Waals surface area contributed by atoms with Crippen LogP contribution in [0, 0.1) is 46.3 Å². The molecule has 7 atom stereocenters. The first-order valence-corrected chi connectivity index (χ1v) is 10.9. The quantitative estimate of drug-likeness (QED) is 0.540. The third kappa shape index (κ3) is 2.78. The number of carbonyl (C=O) groups is 1. The molecule has 0 bridgehead atoms. The summed E-state index contributed by atoms with van der Waals surface area (Å²) >= 11 is 5.57. The van der Waals surface area contributed by atoms with Crippen LogP contribution in [0.15, 0.2) is 11.6 Å². The lowest BCUT2D eigenvalue weighted by Crippen LogP contribution is -2.48. The van der Waals surface area contributed by atoms with Gasteiger partial charge in [-0.05, 0) is 85.6 Å². The molecule has 142 valence electrons. The third-order valence-corrected chi connectivity index (χ3v) is 8.61. The van der Waals surface area contributed by atoms with Gasteiger partial charge in [0, 0.05) is 24.1 Å². The molecule has 0 aliphatic heterocycles. The summed E-state index contributed by atoms with van der Waals surface area (Å²) < 4.78 is 0. The first kappa shape index (κ1) is 18.6. The summed E-state index contributed by atoms with van der Waals surface area (Å²) in [6, 6.07) is 0. The summed E-state index contributed by atoms with van der Waals surface area (Å²) in [4.78, 5) is 12.5. The van der Waals surface area contributed by atoms with E-state index in [0.717, 1.165) is 37.5 Å². The fourth-order valence-electron chi connectivity index (χ4n) is 7.26. The molecule has 3 heteroatoms. The summed E-state index contributed by atoms with van der Waals surface area (Å²) in [6.07, 6.45) is 11.4. The van der Waals surface area contributed by atoms with Gasteiger partial charge < -0.3 is 5.11 Å². The van der Waals surface area contributed by atoms with Crippen LogP contribution in [0.3, 0.4) is 0 Å². The highest BCUT2D eigenvalue weighted by atomic mass is 35.5. The Morgan fingerprint density at radius 1 is 1.27 bits per heavy atom. The smallest absolute Gasteiger partial charge is 0.136 e. The minimum Gasteiger partial charge on any atom is -0.377 e. The van der Waals surface area contributed by atoms with Gasteiger partial charge in [0.1, 0.15) is 11.4 Å². The number of hydrogen-bond donors (Lipinski definition) is 1. The lowest BCUT2D eigenvalue weighted by Gasteiger charge is -2.54. The van der Waals surface area contributed by atoms with Crippen molar-refractivity contribution in [3.05, 3.63) is 11.6 Å². The van der Waals surface area contributed by atoms with Crippen LogP contribution in [-0.4, -0.2) is 16.5 Å². The van der Waals surface area contributed by atoms with Crippen molar-refractivity contribution >= 4 is 17.4 Å². The van der Waals surface area contributed by atoms with Gasteiger partial charge in [-0.1, -0.05) is 31.4 Å². The van der Waals surface area contributed by atoms with Crippen LogP contribution in [0.2, 0.25) is 0 Å². The Labute approximate surface area is 162 Å². The average Bonchev–Trinajstić information content (AvgIpc) is 2.98. The van der Waals surface area contributed by atoms with E-state index in [0.29, 0.717) is 36.4 Å². The molecule has 0 spiro atoms. The lowest BCUT2D eigenvalue weighted by atomic mass is 9.51. The molecule has 4 aliphatic carbocycles. The van der Waals surface area contributed by atoms with Crippen molar-refractivity contribution in [2.45, 2.75) is 77.2 Å². The van der Waals surface area contributed by atoms with Gasteiger partial charge in [0.25, 0.3) is 0 Å². The zero-order chi connectivity index (χ0) is 18.5. The standard InChI is InChI=1S/C23H31ClO2/c1-3-21(25)20-7-6-19-18-5-4-15-14-23(26,12-13-24)11-9-16(15)17(18)8-10-22(19,20)2/h4,16-20,26H,3,5-11,14H2,1-2H3. The first-order valence-electron chi connectivity index (χ1n) is 10.5. The minimum atomic E-state index is -0.925. The Morgan fingerprint density at radius 2 is 2.08 bits per heavy atom. The number of rotatable bonds is 2. The Morgan fingerprint density at radius 3 is 2.81 bits per heavy atom. The number of allylic oxidation sites excluding steroid dienone is 1. The number of ketones is 1. The SMILES string of the molecule is CCC(=O)C1CCC2C3CC=C4CC(O)(C#CCl)CCC4C3CCC12C. The van der Waals surface area contributed by atoms with E-state index in [2.05, 4.69) is 24.3 Å². The van der Waals surface area contributed by atoms with Crippen LogP contribution in [0.5, 0.6) is 0 Å². The van der Waals surface area contributed by atoms with Gasteiger partial charge in [0.05, 0.1) is 0 Å². The second kappa shape index (κ2) is 6.68. The zero-order valence-corrected chi connectivity index (χ0v) is 16.8. The Bertz CT molecular complexity index is 686. The number of aliphatic hydroxyl groups is 1. The first-order chi connectivity index (χ1) is 12.4. The van der Waals surface area contributed by atoms with Crippen molar-refractivity contribution in [1.82, 2.24) is 0 Å². The van der Waals surface area contributed by atoms with E-state index in [4.69, 9.17) is 11.6 Å². The number of fused-ring (bicyclic) bond motifs is 5. The molecule has 26 heavy (non-hydrogen) atoms. The molecule has 0 saturated heterocycles. The molecule has 3 saturated carbocycles. The molecule has 4 rings (SSSR count). The monoisotopic (exact) mass is 374 g/mol. The maximum Gasteiger partial charge on any atom is 0.136 e. The van der Waals surface area contributed by atoms with E-state index in [1.54, 1.807) is 0 Å². The molecule has 0 aromatic rings. The van der Waals surface area contributed by atoms with Crippen molar-refractivity contribution < 1.29 is 9.90 Å². The molecule has 3 fully saturated rings. The molecule has 4 aliphatic rings. The second-order valence-corrected chi connectivity index (χ2v) is 9.71. The van der Waals surface area contributed by atoms with E-state index in [-0.39, 0.29) is 5.41 Å². The molecular formula is C23H31ClO2. The van der Waals surface area contributed by atoms with Crippen LogP contribution < -0.4 is 0 Å². The van der Waals surface area contributed by atoms with E-state index in [1.807, 2.05) is 6.92 Å². The number of hydrogen-bond acceptors (Lipinski definition) is 2. The van der Waals surface area contributed by atoms with Gasteiger partial charge in [0.2, 0.25) is 0 Å². The zero-order valence-electron chi connectivity index (χ0n) is 16.1. The van der Waals surface area contributed by atoms with Crippen LogP contribution >= 0.6 is 11.6 Å². The van der Waals surface area contributed by atoms with Gasteiger partial charge in [-0.2, -0.15) is 0 Å². The number of Topliss-reactive ketones (excluding diaryl/α,β-unsaturated/α-hetero) is 1. The fraction of sp³-hybridized carbons (Fsp3) is 0.783. The van der Waals surface area contributed by atoms with Crippen LogP contribution in [0.4, 0.5) is 0 Å². The van der Waals surface area contributed by atoms with Crippen LogP contribution in [0.25, 0.3) is 0 Å². The van der Waals surface area contributed by atoms with Crippen LogP contribution in [0.1, 0.15) is 71.6 Å². The maximum absolute atomic E-state index is 12.5. The Kier molecular flexibility index (Phi) is 4.77. The molecule has 2 nitrogen and oxygen atoms in total. The number of carbonyl (C=O) groups excluding carboxylic acids is 1. The van der Waals surface area contributed by atoms with Gasteiger partial charge >= 0.3 is 0 Å². The third-order valence-electron chi connectivity index (χ3n) is 8.52. The van der Waals surface area contributed by atoms with Crippen molar-refractivity contribution in [3.63, 3.8) is 0 Å². The molecular weight excluding hydrogens is 344 g/mol. The average molecular weight is 375 g/mol. The Hall–Kier alpha value is -0.780. The van der Waals surface area contributed by atoms with Crippen molar-refractivity contribution in [2.75, 3.05) is 0 Å². The lowest BCUT2D eigenvalue weighted by molar-refractivity contribution is -0.128. The maximum atomic E-state index is 12.5. The van der Waals surface area contributed by atoms with Crippen LogP contribution in [-0.2, 0) is 4.79 Å². The highest BCUT2D eigenvalue weighted by Crippen LogP contribution is 2.63. The molecule has 0 aromatic heterocycles. The molecule has 0 heterocycles. The van der Waals surface area contributed by atoms with E-state index < -0.39 is 5.60 Å². The predicted octanol–water partition coefficient (Wildman–Crippen LogP) is 5.09. The molecule has 7 unspecified atom stereocenters. The summed E-state index contributed by atoms with van der Waals surface area (Å²) in [5.41, 5.74) is 0.716. The fourth-order valence-corrected chi connectivity index (χ4v) is 7.44. The topological polar surface area (TPSA) is 37.3 Å². The summed E-state index contributed by atoms with van der Waals surface area (Å²) in [6.45, 7) is 4.43. The molecule has 0 radical (unpaired) electrons. The summed E-state index contributed by atoms with van der Waals surface area (Å²) in [7, 11) is 0. The second-order valence-electron chi connectivity index (χ2n) is 9.52. The summed E-state index contributed by atoms with van der Waals surface area (Å²) in [5.74, 6) is 6.37. The van der Waals surface area contributed by atoms with E-state index >= 15 is 0 Å². The highest BCUT2D eigenvalue weighted by Gasteiger charge is 2.57. The highest BCUT2D eigenvalue weighted by molar-refractivity contribution is 6.30. The van der Waals surface area contributed by atoms with Crippen molar-refractivity contribution in [2.24, 2.45) is 35.0 Å². The molecule has 0 aromatic carbocycles.